The van der Waals surface area contributed by atoms with Crippen LogP contribution in [0.5, 0.6) is 0 Å². The van der Waals surface area contributed by atoms with Gasteiger partial charge < -0.3 is 66.2 Å². The normalized spacial score (nSPS) is 49.8. The van der Waals surface area contributed by atoms with Gasteiger partial charge in [-0.2, -0.15) is 0 Å². The third kappa shape index (κ3) is 4.62. The van der Waals surface area contributed by atoms with Crippen LogP contribution >= 0.6 is 0 Å². The second kappa shape index (κ2) is 9.68. The summed E-state index contributed by atoms with van der Waals surface area (Å²) in [5.41, 5.74) is 12.1. The van der Waals surface area contributed by atoms with E-state index in [9.17, 15) is 35.7 Å². The van der Waals surface area contributed by atoms with Gasteiger partial charge >= 0.3 is 0 Å². The molecule has 13 nitrogen and oxygen atoms in total. The number of aliphatic hydroxyl groups excluding tert-OH is 7. The standard InChI is InChI=1S/C17H30N2O11/c18-5-1-6(19)15(29-10-2-7(22)12(24)8(3-20)27-10)16(11(5)23)30-17-14(26)13(25)9(4-21)28-17/h2,5-6,8-17,20-26H,1,3-4,18-19H2/t5-,6?,8?,9-,10-,11-,12+,13?,14+,15-,16?,17+/m1/s1. The molecule has 3 aliphatic rings. The zero-order chi connectivity index (χ0) is 22.2. The highest BCUT2D eigenvalue weighted by atomic mass is 16.7. The van der Waals surface area contributed by atoms with Crippen molar-refractivity contribution >= 4 is 0 Å². The largest absolute Gasteiger partial charge is 0.510 e. The molecule has 0 aromatic rings. The third-order valence-corrected chi connectivity index (χ3v) is 5.60. The number of rotatable bonds is 6. The van der Waals surface area contributed by atoms with Gasteiger partial charge in [0.2, 0.25) is 0 Å². The molecule has 12 atom stereocenters. The highest BCUT2D eigenvalue weighted by molar-refractivity contribution is 5.08. The molecule has 174 valence electrons. The fourth-order valence-corrected chi connectivity index (χ4v) is 3.82. The van der Waals surface area contributed by atoms with Crippen molar-refractivity contribution in [1.82, 2.24) is 0 Å². The molecular formula is C17H30N2O11. The minimum Gasteiger partial charge on any atom is -0.510 e. The summed E-state index contributed by atoms with van der Waals surface area (Å²) < 4.78 is 22.1. The van der Waals surface area contributed by atoms with Crippen LogP contribution in [0.25, 0.3) is 0 Å². The first-order valence-electron chi connectivity index (χ1n) is 9.65. The Labute approximate surface area is 172 Å². The van der Waals surface area contributed by atoms with Gasteiger partial charge in [0, 0.05) is 18.2 Å². The summed E-state index contributed by atoms with van der Waals surface area (Å²) in [7, 11) is 0. The molecule has 2 fully saturated rings. The molecule has 0 radical (unpaired) electrons. The Morgan fingerprint density at radius 2 is 1.53 bits per heavy atom. The molecule has 1 aliphatic carbocycles. The monoisotopic (exact) mass is 438 g/mol. The van der Waals surface area contributed by atoms with E-state index in [0.717, 1.165) is 6.08 Å². The Bertz CT molecular complexity index is 610. The fourth-order valence-electron chi connectivity index (χ4n) is 3.82. The quantitative estimate of drug-likeness (QED) is 0.190. The van der Waals surface area contributed by atoms with E-state index in [0.29, 0.717) is 0 Å². The van der Waals surface area contributed by atoms with E-state index in [1.165, 1.54) is 0 Å². The first-order valence-corrected chi connectivity index (χ1v) is 9.65. The predicted octanol–water partition coefficient (Wildman–Crippen LogP) is -4.86. The Kier molecular flexibility index (Phi) is 7.66. The van der Waals surface area contributed by atoms with Crippen LogP contribution < -0.4 is 11.5 Å². The molecule has 13 heteroatoms. The maximum atomic E-state index is 10.6. The minimum absolute atomic E-state index is 0.149. The topological polar surface area (TPSA) is 231 Å². The van der Waals surface area contributed by atoms with E-state index in [1.807, 2.05) is 0 Å². The maximum Gasteiger partial charge on any atom is 0.187 e. The molecule has 0 amide bonds. The third-order valence-electron chi connectivity index (χ3n) is 5.60. The second-order valence-electron chi connectivity index (χ2n) is 7.72. The van der Waals surface area contributed by atoms with Crippen molar-refractivity contribution in [1.29, 1.82) is 0 Å². The average molecular weight is 438 g/mol. The summed E-state index contributed by atoms with van der Waals surface area (Å²) in [5, 5.41) is 68.8. The molecule has 4 unspecified atom stereocenters. The molecule has 0 spiro atoms. The summed E-state index contributed by atoms with van der Waals surface area (Å²) >= 11 is 0. The molecule has 1 saturated carbocycles. The zero-order valence-electron chi connectivity index (χ0n) is 16.0. The molecular weight excluding hydrogens is 408 g/mol. The van der Waals surface area contributed by atoms with Crippen molar-refractivity contribution in [3.8, 4) is 0 Å². The lowest BCUT2D eigenvalue weighted by molar-refractivity contribution is -0.277. The number of hydrogen-bond acceptors (Lipinski definition) is 13. The Hall–Kier alpha value is -0.940. The molecule has 3 rings (SSSR count). The average Bonchev–Trinajstić information content (AvgIpc) is 2.98. The molecule has 2 heterocycles. The van der Waals surface area contributed by atoms with Crippen LogP contribution in [-0.4, -0.2) is 122 Å². The lowest BCUT2D eigenvalue weighted by Gasteiger charge is -2.44. The Balaban J connectivity index is 1.77. The van der Waals surface area contributed by atoms with Gasteiger partial charge in [0.15, 0.2) is 12.6 Å². The molecule has 2 aliphatic heterocycles. The smallest absolute Gasteiger partial charge is 0.187 e. The zero-order valence-corrected chi connectivity index (χ0v) is 16.0. The summed E-state index contributed by atoms with van der Waals surface area (Å²) in [5.74, 6) is -0.465. The summed E-state index contributed by atoms with van der Waals surface area (Å²) in [4.78, 5) is 0. The number of ether oxygens (including phenoxy) is 4. The van der Waals surface area contributed by atoms with Crippen molar-refractivity contribution < 1.29 is 54.7 Å². The van der Waals surface area contributed by atoms with Gasteiger partial charge in [-0.3, -0.25) is 0 Å². The first kappa shape index (κ1) is 23.7. The van der Waals surface area contributed by atoms with Gasteiger partial charge in [-0.1, -0.05) is 0 Å². The Morgan fingerprint density at radius 3 is 2.13 bits per heavy atom. The first-order chi connectivity index (χ1) is 14.2. The summed E-state index contributed by atoms with van der Waals surface area (Å²) in [6, 6.07) is -1.55. The van der Waals surface area contributed by atoms with Crippen molar-refractivity contribution in [3.05, 3.63) is 11.8 Å². The molecule has 0 aromatic carbocycles. The number of aliphatic hydroxyl groups is 7. The van der Waals surface area contributed by atoms with Crippen LogP contribution in [0.15, 0.2) is 11.8 Å². The van der Waals surface area contributed by atoms with Crippen molar-refractivity contribution in [2.45, 2.75) is 79.9 Å². The van der Waals surface area contributed by atoms with E-state index >= 15 is 0 Å². The van der Waals surface area contributed by atoms with E-state index in [2.05, 4.69) is 0 Å². The SMILES string of the molecule is NC1C[C@@H](N)[C@@H](O)C(O[C@@H]2O[C@H](CO)C(O)[C@@H]2O)[C@@H]1O[C@@H]1C=C(O)[C@H](O)C(CO)O1. The lowest BCUT2D eigenvalue weighted by Crippen LogP contribution is -2.64. The number of hydrogen-bond donors (Lipinski definition) is 9. The van der Waals surface area contributed by atoms with Crippen LogP contribution in [0, 0.1) is 0 Å². The fraction of sp³-hybridized carbons (Fsp3) is 0.882. The van der Waals surface area contributed by atoms with Crippen molar-refractivity contribution in [3.63, 3.8) is 0 Å². The van der Waals surface area contributed by atoms with Crippen LogP contribution in [0.2, 0.25) is 0 Å². The van der Waals surface area contributed by atoms with Crippen molar-refractivity contribution in [2.24, 2.45) is 11.5 Å². The molecule has 0 bridgehead atoms. The van der Waals surface area contributed by atoms with Crippen LogP contribution in [0.3, 0.4) is 0 Å². The summed E-state index contributed by atoms with van der Waals surface area (Å²) in [6.07, 6.45) is -11.6. The van der Waals surface area contributed by atoms with Crippen LogP contribution in [-0.2, 0) is 18.9 Å². The van der Waals surface area contributed by atoms with Gasteiger partial charge in [0.05, 0.1) is 19.3 Å². The number of nitrogens with two attached hydrogens (primary N) is 2. The van der Waals surface area contributed by atoms with Crippen LogP contribution in [0.4, 0.5) is 0 Å². The predicted molar refractivity (Wildman–Crippen MR) is 96.5 cm³/mol. The van der Waals surface area contributed by atoms with E-state index in [1.54, 1.807) is 0 Å². The Morgan fingerprint density at radius 1 is 0.867 bits per heavy atom. The molecule has 30 heavy (non-hydrogen) atoms. The molecule has 11 N–H and O–H groups in total. The van der Waals surface area contributed by atoms with Gasteiger partial charge in [0.25, 0.3) is 0 Å². The highest BCUT2D eigenvalue weighted by Crippen LogP contribution is 2.31. The molecule has 0 aromatic heterocycles. The maximum absolute atomic E-state index is 10.6. The van der Waals surface area contributed by atoms with Gasteiger partial charge in [0.1, 0.15) is 48.5 Å². The van der Waals surface area contributed by atoms with Gasteiger partial charge in [-0.25, -0.2) is 0 Å². The van der Waals surface area contributed by atoms with E-state index in [4.69, 9.17) is 30.4 Å². The minimum atomic E-state index is -1.51. The van der Waals surface area contributed by atoms with Crippen LogP contribution in [0.1, 0.15) is 6.42 Å². The van der Waals surface area contributed by atoms with Gasteiger partial charge in [-0.05, 0) is 6.42 Å². The van der Waals surface area contributed by atoms with Gasteiger partial charge in [-0.15, -0.1) is 0 Å². The van der Waals surface area contributed by atoms with E-state index in [-0.39, 0.29) is 6.42 Å². The molecule has 1 saturated heterocycles. The highest BCUT2D eigenvalue weighted by Gasteiger charge is 2.50. The summed E-state index contributed by atoms with van der Waals surface area (Å²) in [6.45, 7) is -1.15. The second-order valence-corrected chi connectivity index (χ2v) is 7.72. The van der Waals surface area contributed by atoms with Crippen molar-refractivity contribution in [2.75, 3.05) is 13.2 Å². The lowest BCUT2D eigenvalue weighted by atomic mass is 9.84. The van der Waals surface area contributed by atoms with E-state index < -0.39 is 92.5 Å².